The standard InChI is InChI=1S/C19H22N2O2/c1-2-3-5-13-17(15-10-6-4-7-11-15)20-21-19(23)16-12-8-9-14-18(16)22/h4,6-12,14,22H,2-3,5,13H2,1H3,(H,21,23). The molecule has 120 valence electrons. The summed E-state index contributed by atoms with van der Waals surface area (Å²) < 4.78 is 0. The molecule has 0 aliphatic heterocycles. The second-order valence-electron chi connectivity index (χ2n) is 5.34. The molecular formula is C19H22N2O2. The van der Waals surface area contributed by atoms with Gasteiger partial charge in [-0.25, -0.2) is 5.43 Å². The molecule has 0 radical (unpaired) electrons. The first kappa shape index (κ1) is 16.7. The van der Waals surface area contributed by atoms with E-state index in [1.807, 2.05) is 30.3 Å². The topological polar surface area (TPSA) is 61.7 Å². The Labute approximate surface area is 136 Å². The molecule has 2 aromatic carbocycles. The Hall–Kier alpha value is -2.62. The Kier molecular flexibility index (Phi) is 6.36. The van der Waals surface area contributed by atoms with Crippen molar-refractivity contribution in [2.24, 2.45) is 5.10 Å². The Morgan fingerprint density at radius 1 is 1.04 bits per heavy atom. The number of phenolic OH excluding ortho intramolecular Hbond substituents is 1. The number of rotatable bonds is 7. The number of aromatic hydroxyl groups is 1. The third kappa shape index (κ3) is 4.95. The van der Waals surface area contributed by atoms with Crippen molar-refractivity contribution in [2.75, 3.05) is 0 Å². The molecule has 0 aromatic heterocycles. The van der Waals surface area contributed by atoms with E-state index in [0.717, 1.165) is 37.0 Å². The number of nitrogens with one attached hydrogen (secondary N) is 1. The Bertz CT molecular complexity index is 666. The molecule has 0 heterocycles. The van der Waals surface area contributed by atoms with Gasteiger partial charge in [-0.15, -0.1) is 0 Å². The van der Waals surface area contributed by atoms with Gasteiger partial charge in [-0.1, -0.05) is 62.2 Å². The fourth-order valence-electron chi connectivity index (χ4n) is 2.28. The van der Waals surface area contributed by atoms with E-state index in [9.17, 15) is 9.90 Å². The molecule has 0 spiro atoms. The third-order valence-electron chi connectivity index (χ3n) is 3.57. The third-order valence-corrected chi connectivity index (χ3v) is 3.57. The van der Waals surface area contributed by atoms with Crippen LogP contribution in [0.3, 0.4) is 0 Å². The summed E-state index contributed by atoms with van der Waals surface area (Å²) in [6, 6.07) is 16.3. The molecule has 2 rings (SSSR count). The highest BCUT2D eigenvalue weighted by Crippen LogP contribution is 2.15. The van der Waals surface area contributed by atoms with Gasteiger partial charge in [0.2, 0.25) is 0 Å². The summed E-state index contributed by atoms with van der Waals surface area (Å²) in [7, 11) is 0. The average Bonchev–Trinajstić information content (AvgIpc) is 2.59. The van der Waals surface area contributed by atoms with Gasteiger partial charge in [-0.05, 0) is 30.5 Å². The number of amides is 1. The molecule has 0 bridgehead atoms. The minimum atomic E-state index is -0.410. The predicted molar refractivity (Wildman–Crippen MR) is 92.7 cm³/mol. The van der Waals surface area contributed by atoms with Crippen molar-refractivity contribution in [2.45, 2.75) is 32.6 Å². The molecule has 0 unspecified atom stereocenters. The van der Waals surface area contributed by atoms with Crippen molar-refractivity contribution < 1.29 is 9.90 Å². The molecule has 1 amide bonds. The van der Waals surface area contributed by atoms with E-state index in [2.05, 4.69) is 17.5 Å². The van der Waals surface area contributed by atoms with E-state index in [4.69, 9.17) is 0 Å². The number of unbranched alkanes of at least 4 members (excludes halogenated alkanes) is 2. The number of carbonyl (C=O) groups excluding carboxylic acids is 1. The lowest BCUT2D eigenvalue weighted by Crippen LogP contribution is -2.20. The van der Waals surface area contributed by atoms with Crippen LogP contribution in [0, 0.1) is 0 Å². The number of nitrogens with zero attached hydrogens (tertiary/aromatic N) is 1. The van der Waals surface area contributed by atoms with E-state index >= 15 is 0 Å². The fourth-order valence-corrected chi connectivity index (χ4v) is 2.28. The molecular weight excluding hydrogens is 288 g/mol. The highest BCUT2D eigenvalue weighted by Gasteiger charge is 2.10. The molecule has 4 nitrogen and oxygen atoms in total. The molecule has 0 saturated carbocycles. The van der Waals surface area contributed by atoms with Crippen molar-refractivity contribution >= 4 is 11.6 Å². The molecule has 0 saturated heterocycles. The molecule has 0 aliphatic carbocycles. The van der Waals surface area contributed by atoms with Crippen LogP contribution in [0.2, 0.25) is 0 Å². The van der Waals surface area contributed by atoms with E-state index < -0.39 is 5.91 Å². The Balaban J connectivity index is 2.13. The van der Waals surface area contributed by atoms with Crippen molar-refractivity contribution in [3.05, 3.63) is 65.7 Å². The Morgan fingerprint density at radius 2 is 1.74 bits per heavy atom. The van der Waals surface area contributed by atoms with Crippen LogP contribution in [0.5, 0.6) is 5.75 Å². The number of phenols is 1. The van der Waals surface area contributed by atoms with Crippen LogP contribution in [0.25, 0.3) is 0 Å². The summed E-state index contributed by atoms with van der Waals surface area (Å²) >= 11 is 0. The lowest BCUT2D eigenvalue weighted by atomic mass is 10.0. The van der Waals surface area contributed by atoms with Crippen LogP contribution < -0.4 is 5.43 Å². The zero-order chi connectivity index (χ0) is 16.5. The number of para-hydroxylation sites is 1. The minimum Gasteiger partial charge on any atom is -0.507 e. The van der Waals surface area contributed by atoms with E-state index in [1.54, 1.807) is 18.2 Å². The second-order valence-corrected chi connectivity index (χ2v) is 5.34. The summed E-state index contributed by atoms with van der Waals surface area (Å²) in [6.07, 6.45) is 4.08. The first-order chi connectivity index (χ1) is 11.2. The van der Waals surface area contributed by atoms with Gasteiger partial charge in [0.25, 0.3) is 5.91 Å². The molecule has 0 aliphatic rings. The normalized spacial score (nSPS) is 11.3. The van der Waals surface area contributed by atoms with Gasteiger partial charge < -0.3 is 5.11 Å². The molecule has 23 heavy (non-hydrogen) atoms. The zero-order valence-corrected chi connectivity index (χ0v) is 13.3. The molecule has 2 N–H and O–H groups in total. The highest BCUT2D eigenvalue weighted by molar-refractivity contribution is 6.02. The van der Waals surface area contributed by atoms with Gasteiger partial charge in [0.05, 0.1) is 11.3 Å². The summed E-state index contributed by atoms with van der Waals surface area (Å²) in [4.78, 5) is 12.2. The monoisotopic (exact) mass is 310 g/mol. The van der Waals surface area contributed by atoms with Gasteiger partial charge in [0.1, 0.15) is 5.75 Å². The minimum absolute atomic E-state index is 0.0487. The van der Waals surface area contributed by atoms with Crippen LogP contribution in [-0.2, 0) is 0 Å². The van der Waals surface area contributed by atoms with E-state index in [1.165, 1.54) is 6.07 Å². The zero-order valence-electron chi connectivity index (χ0n) is 13.3. The molecule has 2 aromatic rings. The highest BCUT2D eigenvalue weighted by atomic mass is 16.3. The van der Waals surface area contributed by atoms with Crippen LogP contribution in [0.1, 0.15) is 48.5 Å². The Morgan fingerprint density at radius 3 is 2.43 bits per heavy atom. The maximum atomic E-state index is 12.2. The first-order valence-corrected chi connectivity index (χ1v) is 7.92. The number of hydrogen-bond donors (Lipinski definition) is 2. The van der Waals surface area contributed by atoms with Crippen LogP contribution in [0.15, 0.2) is 59.7 Å². The number of hydrazone groups is 1. The molecule has 0 atom stereocenters. The summed E-state index contributed by atoms with van der Waals surface area (Å²) in [6.45, 7) is 2.15. The SMILES string of the molecule is CCCCCC(=NNC(=O)c1ccccc1O)c1ccccc1. The second kappa shape index (κ2) is 8.73. The summed E-state index contributed by atoms with van der Waals surface area (Å²) in [5.41, 5.74) is 4.62. The van der Waals surface area contributed by atoms with Crippen LogP contribution in [-0.4, -0.2) is 16.7 Å². The fraction of sp³-hybridized carbons (Fsp3) is 0.263. The quantitative estimate of drug-likeness (QED) is 0.459. The van der Waals surface area contributed by atoms with Crippen LogP contribution >= 0.6 is 0 Å². The van der Waals surface area contributed by atoms with Gasteiger partial charge in [-0.2, -0.15) is 5.10 Å². The summed E-state index contributed by atoms with van der Waals surface area (Å²) in [5, 5.41) is 14.0. The van der Waals surface area contributed by atoms with Gasteiger partial charge >= 0.3 is 0 Å². The summed E-state index contributed by atoms with van der Waals surface area (Å²) in [5.74, 6) is -0.459. The van der Waals surface area contributed by atoms with Crippen LogP contribution in [0.4, 0.5) is 0 Å². The average molecular weight is 310 g/mol. The van der Waals surface area contributed by atoms with Crippen molar-refractivity contribution in [1.82, 2.24) is 5.43 Å². The smallest absolute Gasteiger partial charge is 0.275 e. The van der Waals surface area contributed by atoms with Crippen molar-refractivity contribution in [1.29, 1.82) is 0 Å². The van der Waals surface area contributed by atoms with Gasteiger partial charge in [0.15, 0.2) is 0 Å². The lowest BCUT2D eigenvalue weighted by Gasteiger charge is -2.08. The largest absolute Gasteiger partial charge is 0.507 e. The van der Waals surface area contributed by atoms with E-state index in [0.29, 0.717) is 0 Å². The predicted octanol–water partition coefficient (Wildman–Crippen LogP) is 4.11. The molecule has 0 fully saturated rings. The van der Waals surface area contributed by atoms with Crippen molar-refractivity contribution in [3.8, 4) is 5.75 Å². The van der Waals surface area contributed by atoms with Gasteiger partial charge in [0, 0.05) is 0 Å². The van der Waals surface area contributed by atoms with E-state index in [-0.39, 0.29) is 11.3 Å². The number of carbonyl (C=O) groups is 1. The van der Waals surface area contributed by atoms with Crippen molar-refractivity contribution in [3.63, 3.8) is 0 Å². The van der Waals surface area contributed by atoms with Gasteiger partial charge in [-0.3, -0.25) is 4.79 Å². The maximum Gasteiger partial charge on any atom is 0.275 e. The number of benzene rings is 2. The maximum absolute atomic E-state index is 12.2. The number of hydrogen-bond acceptors (Lipinski definition) is 3. The molecule has 4 heteroatoms. The first-order valence-electron chi connectivity index (χ1n) is 7.92. The lowest BCUT2D eigenvalue weighted by molar-refractivity contribution is 0.0952.